The first kappa shape index (κ1) is 37.5. The van der Waals surface area contributed by atoms with Crippen LogP contribution in [0.15, 0.2) is 24.3 Å². The Morgan fingerprint density at radius 3 is 1.64 bits per heavy atom. The van der Waals surface area contributed by atoms with Crippen molar-refractivity contribution in [2.45, 2.75) is 149 Å². The van der Waals surface area contributed by atoms with Crippen LogP contribution in [-0.2, 0) is 9.59 Å². The monoisotopic (exact) mass is 549 g/mol. The van der Waals surface area contributed by atoms with Crippen molar-refractivity contribution in [1.82, 2.24) is 4.90 Å². The minimum atomic E-state index is -0.638. The van der Waals surface area contributed by atoms with Crippen molar-refractivity contribution < 1.29 is 19.8 Å². The Balaban J connectivity index is 4.40. The standard InChI is InChI=1S/C34H63NO4/c1-3-5-7-9-11-13-14-15-16-17-19-20-22-24-26-32(34(39)35(28-30-36)29-31-37)33(38)27-25-23-21-18-12-10-8-6-4-2/h11,13,15-16,32,36-37H,3-10,12,14,17-31H2,1-2H3. The van der Waals surface area contributed by atoms with Crippen LogP contribution in [0.2, 0.25) is 0 Å². The summed E-state index contributed by atoms with van der Waals surface area (Å²) in [6, 6.07) is 0. The molecule has 0 saturated heterocycles. The summed E-state index contributed by atoms with van der Waals surface area (Å²) >= 11 is 0. The van der Waals surface area contributed by atoms with Crippen LogP contribution in [0.3, 0.4) is 0 Å². The molecule has 5 nitrogen and oxygen atoms in total. The first-order chi connectivity index (χ1) is 19.1. The maximum Gasteiger partial charge on any atom is 0.233 e. The largest absolute Gasteiger partial charge is 0.395 e. The number of carbonyl (C=O) groups is 2. The number of nitrogens with zero attached hydrogens (tertiary/aromatic N) is 1. The molecule has 0 rings (SSSR count). The number of carbonyl (C=O) groups excluding carboxylic acids is 2. The van der Waals surface area contributed by atoms with E-state index in [2.05, 4.69) is 38.2 Å². The zero-order valence-electron chi connectivity index (χ0n) is 25.7. The molecule has 5 heteroatoms. The third-order valence-corrected chi connectivity index (χ3v) is 7.46. The SMILES string of the molecule is CCCCCC=CCC=CCCCCCCC(C(=O)CCCCCCCCCCC)C(=O)N(CCO)CCO. The van der Waals surface area contributed by atoms with Gasteiger partial charge in [-0.2, -0.15) is 0 Å². The highest BCUT2D eigenvalue weighted by Gasteiger charge is 2.29. The van der Waals surface area contributed by atoms with Gasteiger partial charge in [0.2, 0.25) is 5.91 Å². The van der Waals surface area contributed by atoms with Gasteiger partial charge in [0.1, 0.15) is 5.78 Å². The first-order valence-electron chi connectivity index (χ1n) is 16.4. The highest BCUT2D eigenvalue weighted by atomic mass is 16.3. The van der Waals surface area contributed by atoms with Crippen LogP contribution in [0.5, 0.6) is 0 Å². The third-order valence-electron chi connectivity index (χ3n) is 7.46. The van der Waals surface area contributed by atoms with E-state index in [-0.39, 0.29) is 38.0 Å². The average molecular weight is 550 g/mol. The smallest absolute Gasteiger partial charge is 0.233 e. The molecule has 1 amide bonds. The number of hydrogen-bond acceptors (Lipinski definition) is 4. The number of Topliss-reactive ketones (excluding diaryl/α,β-unsaturated/α-hetero) is 1. The summed E-state index contributed by atoms with van der Waals surface area (Å²) in [5.74, 6) is -0.819. The quantitative estimate of drug-likeness (QED) is 0.0558. The van der Waals surface area contributed by atoms with Gasteiger partial charge in [-0.1, -0.05) is 122 Å². The van der Waals surface area contributed by atoms with Gasteiger partial charge in [0.25, 0.3) is 0 Å². The van der Waals surface area contributed by atoms with Gasteiger partial charge in [-0.3, -0.25) is 9.59 Å². The third kappa shape index (κ3) is 23.0. The van der Waals surface area contributed by atoms with Gasteiger partial charge in [0.15, 0.2) is 0 Å². The lowest BCUT2D eigenvalue weighted by molar-refractivity contribution is -0.142. The molecule has 0 bridgehead atoms. The molecule has 39 heavy (non-hydrogen) atoms. The van der Waals surface area contributed by atoms with Crippen molar-refractivity contribution in [2.24, 2.45) is 5.92 Å². The highest BCUT2D eigenvalue weighted by Crippen LogP contribution is 2.20. The van der Waals surface area contributed by atoms with Crippen molar-refractivity contribution in [3.8, 4) is 0 Å². The second kappa shape index (κ2) is 29.5. The molecule has 2 N–H and O–H groups in total. The van der Waals surface area contributed by atoms with Crippen molar-refractivity contribution in [1.29, 1.82) is 0 Å². The lowest BCUT2D eigenvalue weighted by Gasteiger charge is -2.26. The molecule has 0 aromatic carbocycles. The zero-order chi connectivity index (χ0) is 28.8. The van der Waals surface area contributed by atoms with E-state index >= 15 is 0 Å². The van der Waals surface area contributed by atoms with Crippen LogP contribution >= 0.6 is 0 Å². The summed E-state index contributed by atoms with van der Waals surface area (Å²) in [6.07, 6.45) is 32.1. The summed E-state index contributed by atoms with van der Waals surface area (Å²) in [7, 11) is 0. The average Bonchev–Trinajstić information content (AvgIpc) is 2.93. The van der Waals surface area contributed by atoms with Gasteiger partial charge >= 0.3 is 0 Å². The molecular formula is C34H63NO4. The van der Waals surface area contributed by atoms with Crippen molar-refractivity contribution in [3.05, 3.63) is 24.3 Å². The zero-order valence-corrected chi connectivity index (χ0v) is 25.7. The maximum absolute atomic E-state index is 13.2. The van der Waals surface area contributed by atoms with Crippen LogP contribution in [0, 0.1) is 5.92 Å². The normalized spacial score (nSPS) is 12.5. The van der Waals surface area contributed by atoms with Crippen LogP contribution in [-0.4, -0.2) is 53.1 Å². The Morgan fingerprint density at radius 1 is 0.615 bits per heavy atom. The van der Waals surface area contributed by atoms with Gasteiger partial charge in [-0.05, 0) is 44.9 Å². The molecule has 0 aliphatic rings. The lowest BCUT2D eigenvalue weighted by atomic mass is 9.91. The topological polar surface area (TPSA) is 77.8 Å². The number of hydrogen-bond donors (Lipinski definition) is 2. The van der Waals surface area contributed by atoms with Crippen LogP contribution in [0.4, 0.5) is 0 Å². The number of amides is 1. The molecule has 0 aromatic heterocycles. The van der Waals surface area contributed by atoms with E-state index in [1.54, 1.807) is 0 Å². The van der Waals surface area contributed by atoms with E-state index in [9.17, 15) is 19.8 Å². The summed E-state index contributed by atoms with van der Waals surface area (Å²) in [6.45, 7) is 4.48. The van der Waals surface area contributed by atoms with Crippen molar-refractivity contribution in [2.75, 3.05) is 26.3 Å². The first-order valence-corrected chi connectivity index (χ1v) is 16.4. The van der Waals surface area contributed by atoms with Gasteiger partial charge in [-0.25, -0.2) is 0 Å². The maximum atomic E-state index is 13.2. The Labute approximate surface area is 241 Å². The van der Waals surface area contributed by atoms with Gasteiger partial charge in [0.05, 0.1) is 19.1 Å². The Morgan fingerprint density at radius 2 is 1.08 bits per heavy atom. The molecule has 1 unspecified atom stereocenters. The van der Waals surface area contributed by atoms with Gasteiger partial charge in [-0.15, -0.1) is 0 Å². The van der Waals surface area contributed by atoms with Crippen LogP contribution in [0.25, 0.3) is 0 Å². The van der Waals surface area contributed by atoms with Crippen molar-refractivity contribution in [3.63, 3.8) is 0 Å². The molecule has 0 heterocycles. The molecule has 0 spiro atoms. The molecule has 228 valence electrons. The Kier molecular flexibility index (Phi) is 28.4. The minimum absolute atomic E-state index is 0.0366. The lowest BCUT2D eigenvalue weighted by Crippen LogP contribution is -2.42. The van der Waals surface area contributed by atoms with E-state index in [0.29, 0.717) is 12.8 Å². The fourth-order valence-electron chi connectivity index (χ4n) is 4.98. The van der Waals surface area contributed by atoms with Crippen LogP contribution in [0.1, 0.15) is 149 Å². The van der Waals surface area contributed by atoms with E-state index in [1.807, 2.05) is 0 Å². The second-order valence-corrected chi connectivity index (χ2v) is 11.0. The van der Waals surface area contributed by atoms with Gasteiger partial charge in [0, 0.05) is 19.5 Å². The Bertz CT molecular complexity index is 610. The molecule has 1 atom stereocenters. The summed E-state index contributed by atoms with van der Waals surface area (Å²) in [5.41, 5.74) is 0. The molecule has 0 saturated carbocycles. The summed E-state index contributed by atoms with van der Waals surface area (Å²) in [4.78, 5) is 27.7. The molecular weight excluding hydrogens is 486 g/mol. The van der Waals surface area contributed by atoms with E-state index in [4.69, 9.17) is 0 Å². The number of unbranched alkanes of at least 4 members (excludes halogenated alkanes) is 15. The molecule has 0 aliphatic carbocycles. The van der Waals surface area contributed by atoms with E-state index in [0.717, 1.165) is 57.8 Å². The van der Waals surface area contributed by atoms with Crippen molar-refractivity contribution >= 4 is 11.7 Å². The van der Waals surface area contributed by atoms with Gasteiger partial charge < -0.3 is 15.1 Å². The molecule has 0 radical (unpaired) electrons. The predicted molar refractivity (Wildman–Crippen MR) is 166 cm³/mol. The fraction of sp³-hybridized carbons (Fsp3) is 0.824. The fourth-order valence-corrected chi connectivity index (χ4v) is 4.98. The van der Waals surface area contributed by atoms with E-state index < -0.39 is 5.92 Å². The molecule has 0 fully saturated rings. The number of aliphatic hydroxyl groups excluding tert-OH is 2. The number of allylic oxidation sites excluding steroid dienone is 4. The number of rotatable bonds is 29. The predicted octanol–water partition coefficient (Wildman–Crippen LogP) is 8.33. The number of aliphatic hydroxyl groups is 2. The Hall–Kier alpha value is -1.46. The minimum Gasteiger partial charge on any atom is -0.395 e. The highest BCUT2D eigenvalue weighted by molar-refractivity contribution is 6.01. The summed E-state index contributed by atoms with van der Waals surface area (Å²) in [5, 5.41) is 18.7. The number of ketones is 1. The molecule has 0 aromatic rings. The summed E-state index contributed by atoms with van der Waals surface area (Å²) < 4.78 is 0. The van der Waals surface area contributed by atoms with Crippen LogP contribution < -0.4 is 0 Å². The van der Waals surface area contributed by atoms with E-state index in [1.165, 1.54) is 69.1 Å². The molecule has 0 aliphatic heterocycles. The second-order valence-electron chi connectivity index (χ2n) is 11.0.